The lowest BCUT2D eigenvalue weighted by molar-refractivity contribution is -0.135. The van der Waals surface area contributed by atoms with Gasteiger partial charge in [0.05, 0.1) is 16.5 Å². The van der Waals surface area contributed by atoms with Gasteiger partial charge in [-0.25, -0.2) is 13.1 Å². The van der Waals surface area contributed by atoms with Crippen LogP contribution in [0.25, 0.3) is 0 Å². The van der Waals surface area contributed by atoms with Gasteiger partial charge in [-0.3, -0.25) is 0 Å². The Kier molecular flexibility index (Phi) is 5.75. The van der Waals surface area contributed by atoms with Gasteiger partial charge in [0.25, 0.3) is 0 Å². The summed E-state index contributed by atoms with van der Waals surface area (Å²) in [4.78, 5) is -0.0302. The van der Waals surface area contributed by atoms with E-state index in [0.29, 0.717) is 5.56 Å². The molecule has 116 valence electrons. The Balaban J connectivity index is 2.64. The minimum absolute atomic E-state index is 0.0302. The van der Waals surface area contributed by atoms with E-state index < -0.39 is 22.6 Å². The van der Waals surface area contributed by atoms with E-state index in [4.69, 9.17) is 5.26 Å². The second-order valence-corrected chi connectivity index (χ2v) is 6.30. The molecular formula is C13H15F3N2O2S. The fourth-order valence-electron chi connectivity index (χ4n) is 1.69. The number of halogens is 3. The first-order valence-corrected chi connectivity index (χ1v) is 7.71. The van der Waals surface area contributed by atoms with Crippen LogP contribution in [0.3, 0.4) is 0 Å². The van der Waals surface area contributed by atoms with Crippen molar-refractivity contribution in [2.45, 2.75) is 37.3 Å². The molecule has 0 saturated carbocycles. The lowest BCUT2D eigenvalue weighted by atomic mass is 10.2. The van der Waals surface area contributed by atoms with E-state index in [1.54, 1.807) is 6.92 Å². The van der Waals surface area contributed by atoms with E-state index in [0.717, 1.165) is 0 Å². The average Bonchev–Trinajstić information content (AvgIpc) is 2.37. The number of hydrogen-bond donors (Lipinski definition) is 1. The number of nitrogens with zero attached hydrogens (tertiary/aromatic N) is 1. The number of sulfonamides is 1. The number of aryl methyl sites for hydroxylation is 1. The Hall–Kier alpha value is -1.59. The summed E-state index contributed by atoms with van der Waals surface area (Å²) in [7, 11) is -3.82. The molecule has 0 aliphatic rings. The Labute approximate surface area is 121 Å². The van der Waals surface area contributed by atoms with Gasteiger partial charge in [-0.2, -0.15) is 18.4 Å². The zero-order valence-corrected chi connectivity index (χ0v) is 12.2. The van der Waals surface area contributed by atoms with Crippen LogP contribution in [-0.4, -0.2) is 21.1 Å². The van der Waals surface area contributed by atoms with E-state index in [1.165, 1.54) is 18.2 Å². The van der Waals surface area contributed by atoms with Gasteiger partial charge in [0, 0.05) is 13.0 Å². The molecular weight excluding hydrogens is 305 g/mol. The molecule has 0 aliphatic carbocycles. The molecule has 0 radical (unpaired) electrons. The van der Waals surface area contributed by atoms with Gasteiger partial charge in [0.2, 0.25) is 10.0 Å². The van der Waals surface area contributed by atoms with E-state index in [-0.39, 0.29) is 29.8 Å². The maximum atomic E-state index is 12.0. The van der Waals surface area contributed by atoms with Gasteiger partial charge in [-0.1, -0.05) is 6.07 Å². The highest BCUT2D eigenvalue weighted by Gasteiger charge is 2.26. The van der Waals surface area contributed by atoms with Crippen LogP contribution in [0.15, 0.2) is 23.1 Å². The normalized spacial score (nSPS) is 12.1. The van der Waals surface area contributed by atoms with Crippen LogP contribution < -0.4 is 4.72 Å². The highest BCUT2D eigenvalue weighted by atomic mass is 32.2. The zero-order valence-electron chi connectivity index (χ0n) is 11.4. The minimum atomic E-state index is -4.23. The van der Waals surface area contributed by atoms with E-state index in [1.807, 2.05) is 6.07 Å². The molecule has 1 aromatic rings. The Morgan fingerprint density at radius 1 is 1.29 bits per heavy atom. The highest BCUT2D eigenvalue weighted by molar-refractivity contribution is 7.89. The van der Waals surface area contributed by atoms with Crippen LogP contribution in [0.5, 0.6) is 0 Å². The molecule has 0 spiro atoms. The van der Waals surface area contributed by atoms with Crippen LogP contribution in [0.4, 0.5) is 13.2 Å². The monoisotopic (exact) mass is 320 g/mol. The SMILES string of the molecule is Cc1ccc(C#N)cc1S(=O)(=O)NCCCCC(F)(F)F. The molecule has 0 aromatic heterocycles. The van der Waals surface area contributed by atoms with E-state index in [2.05, 4.69) is 4.72 Å². The van der Waals surface area contributed by atoms with Gasteiger partial charge in [0.1, 0.15) is 0 Å². The molecule has 0 bridgehead atoms. The third-order valence-corrected chi connectivity index (χ3v) is 4.39. The van der Waals surface area contributed by atoms with Gasteiger partial charge < -0.3 is 0 Å². The van der Waals surface area contributed by atoms with Crippen LogP contribution in [0.1, 0.15) is 30.4 Å². The van der Waals surface area contributed by atoms with Crippen molar-refractivity contribution < 1.29 is 21.6 Å². The first kappa shape index (κ1) is 17.5. The number of rotatable bonds is 6. The zero-order chi connectivity index (χ0) is 16.1. The fraction of sp³-hybridized carbons (Fsp3) is 0.462. The number of hydrogen-bond acceptors (Lipinski definition) is 3. The number of nitrogens with one attached hydrogen (secondary N) is 1. The van der Waals surface area contributed by atoms with Gasteiger partial charge in [-0.05, 0) is 37.5 Å². The van der Waals surface area contributed by atoms with Gasteiger partial charge in [0.15, 0.2) is 0 Å². The topological polar surface area (TPSA) is 70.0 Å². The summed E-state index contributed by atoms with van der Waals surface area (Å²) in [6, 6.07) is 6.09. The van der Waals surface area contributed by atoms with Crippen LogP contribution in [0.2, 0.25) is 0 Å². The van der Waals surface area contributed by atoms with Crippen molar-refractivity contribution in [2.75, 3.05) is 6.54 Å². The summed E-state index contributed by atoms with van der Waals surface area (Å²) in [5.74, 6) is 0. The van der Waals surface area contributed by atoms with Crippen molar-refractivity contribution in [2.24, 2.45) is 0 Å². The Bertz CT molecular complexity index is 634. The maximum absolute atomic E-state index is 12.0. The van der Waals surface area contributed by atoms with Crippen LogP contribution >= 0.6 is 0 Å². The number of unbranched alkanes of at least 4 members (excludes halogenated alkanes) is 1. The fourth-order valence-corrected chi connectivity index (χ4v) is 3.04. The standard InChI is InChI=1S/C13H15F3N2O2S/c1-10-4-5-11(9-17)8-12(10)21(19,20)18-7-3-2-6-13(14,15)16/h4-5,8,18H,2-3,6-7H2,1H3. The number of benzene rings is 1. The first-order chi connectivity index (χ1) is 9.65. The van der Waals surface area contributed by atoms with E-state index >= 15 is 0 Å². The molecule has 21 heavy (non-hydrogen) atoms. The lowest BCUT2D eigenvalue weighted by Crippen LogP contribution is -2.25. The van der Waals surface area contributed by atoms with Crippen molar-refractivity contribution >= 4 is 10.0 Å². The summed E-state index contributed by atoms with van der Waals surface area (Å²) in [6.07, 6.45) is -5.20. The largest absolute Gasteiger partial charge is 0.389 e. The maximum Gasteiger partial charge on any atom is 0.389 e. The van der Waals surface area contributed by atoms with Crippen molar-refractivity contribution in [1.29, 1.82) is 5.26 Å². The molecule has 4 nitrogen and oxygen atoms in total. The third-order valence-electron chi connectivity index (χ3n) is 2.79. The molecule has 1 rings (SSSR count). The van der Waals surface area contributed by atoms with Crippen LogP contribution in [-0.2, 0) is 10.0 Å². The second-order valence-electron chi connectivity index (χ2n) is 4.56. The molecule has 0 heterocycles. The molecule has 0 amide bonds. The summed E-state index contributed by atoms with van der Waals surface area (Å²) in [6.45, 7) is 1.51. The Morgan fingerprint density at radius 3 is 2.52 bits per heavy atom. The third kappa shape index (κ3) is 5.73. The summed E-state index contributed by atoms with van der Waals surface area (Å²) in [5, 5.41) is 8.77. The van der Waals surface area contributed by atoms with Crippen molar-refractivity contribution in [1.82, 2.24) is 4.72 Å². The summed E-state index contributed by atoms with van der Waals surface area (Å²) >= 11 is 0. The Morgan fingerprint density at radius 2 is 1.95 bits per heavy atom. The molecule has 0 unspecified atom stereocenters. The number of nitriles is 1. The second kappa shape index (κ2) is 6.91. The van der Waals surface area contributed by atoms with Crippen LogP contribution in [0, 0.1) is 18.3 Å². The predicted octanol–water partition coefficient (Wildman–Crippen LogP) is 2.88. The summed E-state index contributed by atoms with van der Waals surface area (Å²) in [5.41, 5.74) is 0.676. The molecule has 0 saturated heterocycles. The van der Waals surface area contributed by atoms with Crippen molar-refractivity contribution in [3.63, 3.8) is 0 Å². The van der Waals surface area contributed by atoms with Gasteiger partial charge in [-0.15, -0.1) is 0 Å². The van der Waals surface area contributed by atoms with E-state index in [9.17, 15) is 21.6 Å². The first-order valence-electron chi connectivity index (χ1n) is 6.23. The molecule has 1 aromatic carbocycles. The molecule has 0 aliphatic heterocycles. The molecule has 0 fully saturated rings. The molecule has 8 heteroatoms. The summed E-state index contributed by atoms with van der Waals surface area (Å²) < 4.78 is 62.2. The van der Waals surface area contributed by atoms with Crippen molar-refractivity contribution in [3.05, 3.63) is 29.3 Å². The molecule has 1 N–H and O–H groups in total. The van der Waals surface area contributed by atoms with Crippen molar-refractivity contribution in [3.8, 4) is 6.07 Å². The lowest BCUT2D eigenvalue weighted by Gasteiger charge is -2.10. The highest BCUT2D eigenvalue weighted by Crippen LogP contribution is 2.22. The predicted molar refractivity (Wildman–Crippen MR) is 71.0 cm³/mol. The number of alkyl halides is 3. The quantitative estimate of drug-likeness (QED) is 0.819. The average molecular weight is 320 g/mol. The smallest absolute Gasteiger partial charge is 0.211 e. The van der Waals surface area contributed by atoms with Gasteiger partial charge >= 0.3 is 6.18 Å². The minimum Gasteiger partial charge on any atom is -0.211 e. The molecule has 0 atom stereocenters.